The maximum atomic E-state index is 12.3. The van der Waals surface area contributed by atoms with Crippen LogP contribution in [-0.4, -0.2) is 50.1 Å². The van der Waals surface area contributed by atoms with E-state index in [0.717, 1.165) is 23.0 Å². The standard InChI is InChI=1S/C14H19N5O2S/c1-18-14(15-16-17-18)22-11-5-8-13(21)19(9-10-20)12-6-3-2-4-7-12/h2-4,6-7,20H,5,8-11H2,1H3. The molecule has 0 aliphatic carbocycles. The first-order valence-electron chi connectivity index (χ1n) is 7.04. The van der Waals surface area contributed by atoms with Gasteiger partial charge >= 0.3 is 0 Å². The molecule has 2 aromatic rings. The van der Waals surface area contributed by atoms with Crippen molar-refractivity contribution in [3.05, 3.63) is 30.3 Å². The Morgan fingerprint density at radius 2 is 2.14 bits per heavy atom. The van der Waals surface area contributed by atoms with E-state index in [1.807, 2.05) is 30.3 Å². The third kappa shape index (κ3) is 4.54. The Hall–Kier alpha value is -1.93. The number of carbonyl (C=O) groups is 1. The number of carbonyl (C=O) groups excluding carboxylic acids is 1. The molecule has 0 saturated heterocycles. The van der Waals surface area contributed by atoms with Crippen LogP contribution in [0.1, 0.15) is 12.8 Å². The molecule has 1 aromatic heterocycles. The lowest BCUT2D eigenvalue weighted by Gasteiger charge is -2.21. The number of hydrogen-bond acceptors (Lipinski definition) is 6. The molecule has 0 radical (unpaired) electrons. The van der Waals surface area contributed by atoms with Crippen molar-refractivity contribution >= 4 is 23.4 Å². The first-order valence-corrected chi connectivity index (χ1v) is 8.02. The molecule has 118 valence electrons. The van der Waals surface area contributed by atoms with Crippen molar-refractivity contribution in [2.75, 3.05) is 23.8 Å². The van der Waals surface area contributed by atoms with Gasteiger partial charge in [0.1, 0.15) is 0 Å². The summed E-state index contributed by atoms with van der Waals surface area (Å²) in [5, 5.41) is 21.1. The number of anilines is 1. The van der Waals surface area contributed by atoms with Crippen LogP contribution in [0.3, 0.4) is 0 Å². The molecule has 0 aliphatic heterocycles. The monoisotopic (exact) mass is 321 g/mol. The van der Waals surface area contributed by atoms with Gasteiger partial charge in [0.25, 0.3) is 0 Å². The average Bonchev–Trinajstić information content (AvgIpc) is 2.95. The fourth-order valence-electron chi connectivity index (χ4n) is 1.97. The van der Waals surface area contributed by atoms with Gasteiger partial charge in [-0.3, -0.25) is 4.79 Å². The number of aromatic nitrogens is 4. The van der Waals surface area contributed by atoms with Gasteiger partial charge in [-0.15, -0.1) is 5.10 Å². The van der Waals surface area contributed by atoms with Crippen LogP contribution >= 0.6 is 11.8 Å². The molecular weight excluding hydrogens is 302 g/mol. The number of benzene rings is 1. The number of aryl methyl sites for hydroxylation is 1. The zero-order valence-electron chi connectivity index (χ0n) is 12.4. The second-order valence-corrected chi connectivity index (χ2v) is 5.70. The van der Waals surface area contributed by atoms with E-state index in [1.165, 1.54) is 11.8 Å². The first-order chi connectivity index (χ1) is 10.7. The number of tetrazole rings is 1. The minimum atomic E-state index is -0.0556. The van der Waals surface area contributed by atoms with Crippen molar-refractivity contribution in [3.8, 4) is 0 Å². The normalized spacial score (nSPS) is 10.6. The minimum Gasteiger partial charge on any atom is -0.395 e. The number of aliphatic hydroxyl groups is 1. The van der Waals surface area contributed by atoms with Gasteiger partial charge in [-0.25, -0.2) is 4.68 Å². The number of thioether (sulfide) groups is 1. The highest BCUT2D eigenvalue weighted by molar-refractivity contribution is 7.99. The summed E-state index contributed by atoms with van der Waals surface area (Å²) >= 11 is 1.52. The molecule has 7 nitrogen and oxygen atoms in total. The van der Waals surface area contributed by atoms with Crippen LogP contribution in [0, 0.1) is 0 Å². The molecule has 1 amide bonds. The van der Waals surface area contributed by atoms with Crippen molar-refractivity contribution in [1.82, 2.24) is 20.2 Å². The van der Waals surface area contributed by atoms with Gasteiger partial charge in [0.05, 0.1) is 6.61 Å². The third-order valence-corrected chi connectivity index (χ3v) is 4.14. The summed E-state index contributed by atoms with van der Waals surface area (Å²) in [6.45, 7) is 0.253. The highest BCUT2D eigenvalue weighted by Gasteiger charge is 2.14. The summed E-state index contributed by atoms with van der Waals surface area (Å²) in [6, 6.07) is 9.39. The van der Waals surface area contributed by atoms with Crippen LogP contribution in [0.5, 0.6) is 0 Å². The second-order valence-electron chi connectivity index (χ2n) is 4.64. The number of aliphatic hydroxyl groups excluding tert-OH is 1. The maximum Gasteiger partial charge on any atom is 0.227 e. The topological polar surface area (TPSA) is 84.1 Å². The molecule has 2 rings (SSSR count). The first kappa shape index (κ1) is 16.4. The third-order valence-electron chi connectivity index (χ3n) is 3.04. The molecule has 0 fully saturated rings. The van der Waals surface area contributed by atoms with Crippen molar-refractivity contribution in [3.63, 3.8) is 0 Å². The van der Waals surface area contributed by atoms with Crippen LogP contribution in [-0.2, 0) is 11.8 Å². The highest BCUT2D eigenvalue weighted by Crippen LogP contribution is 2.17. The molecule has 22 heavy (non-hydrogen) atoms. The summed E-state index contributed by atoms with van der Waals surface area (Å²) in [5.74, 6) is 0.777. The molecule has 0 saturated carbocycles. The predicted molar refractivity (Wildman–Crippen MR) is 84.6 cm³/mol. The fraction of sp³-hybridized carbons (Fsp3) is 0.429. The lowest BCUT2D eigenvalue weighted by Crippen LogP contribution is -2.33. The van der Waals surface area contributed by atoms with Gasteiger partial charge in [-0.2, -0.15) is 0 Å². The minimum absolute atomic E-state index is 0.0111. The molecule has 0 aliphatic rings. The number of amides is 1. The van der Waals surface area contributed by atoms with Crippen LogP contribution in [0.4, 0.5) is 5.69 Å². The molecule has 8 heteroatoms. The number of nitrogens with zero attached hydrogens (tertiary/aromatic N) is 5. The predicted octanol–water partition coefficient (Wildman–Crippen LogP) is 1.11. The Balaban J connectivity index is 1.82. The molecule has 0 spiro atoms. The van der Waals surface area contributed by atoms with Crippen molar-refractivity contribution in [1.29, 1.82) is 0 Å². The Kier molecular flexibility index (Phi) is 6.35. The van der Waals surface area contributed by atoms with Crippen molar-refractivity contribution < 1.29 is 9.90 Å². The van der Waals surface area contributed by atoms with Gasteiger partial charge in [-0.05, 0) is 29.0 Å². The molecule has 0 unspecified atom stereocenters. The second kappa shape index (κ2) is 8.50. The Morgan fingerprint density at radius 3 is 2.77 bits per heavy atom. The van der Waals surface area contributed by atoms with Crippen LogP contribution in [0.25, 0.3) is 0 Å². The molecule has 1 N–H and O–H groups in total. The van der Waals surface area contributed by atoms with Gasteiger partial charge < -0.3 is 10.0 Å². The zero-order valence-corrected chi connectivity index (χ0v) is 13.2. The maximum absolute atomic E-state index is 12.3. The molecule has 1 heterocycles. The quantitative estimate of drug-likeness (QED) is 0.579. The molecule has 0 bridgehead atoms. The average molecular weight is 321 g/mol. The Labute approximate surface area is 133 Å². The van der Waals surface area contributed by atoms with Crippen LogP contribution in [0.15, 0.2) is 35.5 Å². The van der Waals surface area contributed by atoms with Gasteiger partial charge in [0, 0.05) is 31.5 Å². The van der Waals surface area contributed by atoms with Crippen LogP contribution < -0.4 is 4.90 Å². The zero-order chi connectivity index (χ0) is 15.8. The van der Waals surface area contributed by atoms with Crippen LogP contribution in [0.2, 0.25) is 0 Å². The molecule has 0 atom stereocenters. The van der Waals surface area contributed by atoms with Crippen molar-refractivity contribution in [2.45, 2.75) is 18.0 Å². The SMILES string of the molecule is Cn1nnnc1SCCCC(=O)N(CCO)c1ccccc1. The van der Waals surface area contributed by atoms with E-state index in [2.05, 4.69) is 15.5 Å². The smallest absolute Gasteiger partial charge is 0.227 e. The molecule has 1 aromatic carbocycles. The summed E-state index contributed by atoms with van der Waals surface area (Å²) in [6.07, 6.45) is 1.15. The Bertz CT molecular complexity index is 590. The molecular formula is C14H19N5O2S. The lowest BCUT2D eigenvalue weighted by atomic mass is 10.2. The number of rotatable bonds is 8. The van der Waals surface area contributed by atoms with E-state index < -0.39 is 0 Å². The van der Waals surface area contributed by atoms with Gasteiger partial charge in [0.15, 0.2) is 0 Å². The summed E-state index contributed by atoms with van der Waals surface area (Å²) in [5.41, 5.74) is 0.812. The highest BCUT2D eigenvalue weighted by atomic mass is 32.2. The van der Waals surface area contributed by atoms with E-state index in [1.54, 1.807) is 16.6 Å². The van der Waals surface area contributed by atoms with Crippen molar-refractivity contribution in [2.24, 2.45) is 7.05 Å². The Morgan fingerprint density at radius 1 is 1.36 bits per heavy atom. The summed E-state index contributed by atoms with van der Waals surface area (Å²) in [7, 11) is 1.78. The number of para-hydroxylation sites is 1. The van der Waals surface area contributed by atoms with E-state index >= 15 is 0 Å². The lowest BCUT2D eigenvalue weighted by molar-refractivity contribution is -0.118. The van der Waals surface area contributed by atoms with E-state index in [4.69, 9.17) is 5.11 Å². The fourth-order valence-corrected chi connectivity index (χ4v) is 2.76. The van der Waals surface area contributed by atoms with E-state index in [0.29, 0.717) is 13.0 Å². The van der Waals surface area contributed by atoms with E-state index in [9.17, 15) is 4.79 Å². The summed E-state index contributed by atoms with van der Waals surface area (Å²) in [4.78, 5) is 13.9. The number of hydrogen-bond donors (Lipinski definition) is 1. The van der Waals surface area contributed by atoms with Gasteiger partial charge in [0.2, 0.25) is 11.1 Å². The van der Waals surface area contributed by atoms with E-state index in [-0.39, 0.29) is 12.5 Å². The summed E-state index contributed by atoms with van der Waals surface area (Å²) < 4.78 is 1.61. The van der Waals surface area contributed by atoms with Gasteiger partial charge in [-0.1, -0.05) is 30.0 Å². The largest absolute Gasteiger partial charge is 0.395 e.